The number of hydrogen-bond acceptors (Lipinski definition) is 4. The number of carbonyl (C=O) groups excluding carboxylic acids is 1. The summed E-state index contributed by atoms with van der Waals surface area (Å²) in [6.07, 6.45) is 0. The van der Waals surface area contributed by atoms with E-state index in [2.05, 4.69) is 5.32 Å². The van der Waals surface area contributed by atoms with E-state index in [0.29, 0.717) is 16.5 Å². The molecule has 1 heterocycles. The summed E-state index contributed by atoms with van der Waals surface area (Å²) in [5.41, 5.74) is 1.26. The van der Waals surface area contributed by atoms with Gasteiger partial charge in [0.05, 0.1) is 18.4 Å². The molecule has 7 heteroatoms. The molecule has 3 aromatic rings. The lowest BCUT2D eigenvalue weighted by atomic mass is 10.2. The number of methoxy groups -OCH3 is 1. The van der Waals surface area contributed by atoms with Crippen molar-refractivity contribution in [2.24, 2.45) is 7.05 Å². The Kier molecular flexibility index (Phi) is 5.54. The summed E-state index contributed by atoms with van der Waals surface area (Å²) in [6.45, 7) is 0. The van der Waals surface area contributed by atoms with Crippen molar-refractivity contribution in [1.82, 2.24) is 4.57 Å². The molecule has 3 rings (SSSR count). The minimum atomic E-state index is -0.161. The standard InChI is InChI=1S/C19H17ClN2O3S/c1-22-16-8-12(20)6-7-15(16)17(10-19(22)24)26-11-18(23)21-13-4-3-5-14(9-13)25-2/h3-10H,11H2,1-2H3,(H,21,23). The Morgan fingerprint density at radius 3 is 2.81 bits per heavy atom. The summed E-state index contributed by atoms with van der Waals surface area (Å²) < 4.78 is 6.69. The van der Waals surface area contributed by atoms with Crippen molar-refractivity contribution >= 4 is 45.9 Å². The number of nitrogens with one attached hydrogen (secondary N) is 1. The molecule has 1 N–H and O–H groups in total. The fraction of sp³-hybridized carbons (Fsp3) is 0.158. The zero-order valence-corrected chi connectivity index (χ0v) is 15.9. The molecule has 0 atom stereocenters. The Hall–Kier alpha value is -2.44. The molecule has 0 spiro atoms. The Bertz CT molecular complexity index is 1030. The number of aromatic nitrogens is 1. The van der Waals surface area contributed by atoms with Crippen LogP contribution in [-0.2, 0) is 11.8 Å². The largest absolute Gasteiger partial charge is 0.497 e. The second-order valence-electron chi connectivity index (χ2n) is 5.64. The number of halogens is 1. The molecule has 0 saturated carbocycles. The second-order valence-corrected chi connectivity index (χ2v) is 7.09. The number of fused-ring (bicyclic) bond motifs is 1. The molecule has 2 aromatic carbocycles. The van der Waals surface area contributed by atoms with Gasteiger partial charge in [0.25, 0.3) is 5.56 Å². The van der Waals surface area contributed by atoms with Gasteiger partial charge in [0.1, 0.15) is 5.75 Å². The van der Waals surface area contributed by atoms with E-state index >= 15 is 0 Å². The maximum absolute atomic E-state index is 12.3. The lowest BCUT2D eigenvalue weighted by Crippen LogP contribution is -2.17. The van der Waals surface area contributed by atoms with Crippen molar-refractivity contribution in [3.63, 3.8) is 0 Å². The number of anilines is 1. The first-order valence-corrected chi connectivity index (χ1v) is 9.20. The highest BCUT2D eigenvalue weighted by Gasteiger charge is 2.10. The Balaban J connectivity index is 1.78. The van der Waals surface area contributed by atoms with E-state index in [1.54, 1.807) is 61.2 Å². The molecular weight excluding hydrogens is 372 g/mol. The second kappa shape index (κ2) is 7.85. The highest BCUT2D eigenvalue weighted by Crippen LogP contribution is 2.28. The maximum Gasteiger partial charge on any atom is 0.251 e. The molecule has 0 aliphatic carbocycles. The van der Waals surface area contributed by atoms with Gasteiger partial charge in [-0.15, -0.1) is 11.8 Å². The van der Waals surface area contributed by atoms with Crippen LogP contribution in [0.5, 0.6) is 5.75 Å². The highest BCUT2D eigenvalue weighted by atomic mass is 35.5. The first kappa shape index (κ1) is 18.4. The summed E-state index contributed by atoms with van der Waals surface area (Å²) in [4.78, 5) is 25.2. The van der Waals surface area contributed by atoms with Crippen molar-refractivity contribution in [3.05, 3.63) is 63.9 Å². The number of carbonyl (C=O) groups is 1. The van der Waals surface area contributed by atoms with E-state index in [1.807, 2.05) is 6.07 Å². The topological polar surface area (TPSA) is 60.3 Å². The number of amides is 1. The molecule has 0 radical (unpaired) electrons. The monoisotopic (exact) mass is 388 g/mol. The third-order valence-electron chi connectivity index (χ3n) is 3.88. The summed E-state index contributed by atoms with van der Waals surface area (Å²) >= 11 is 7.36. The molecule has 0 saturated heterocycles. The molecule has 1 aromatic heterocycles. The van der Waals surface area contributed by atoms with Gasteiger partial charge in [0.15, 0.2) is 0 Å². The van der Waals surface area contributed by atoms with Crippen LogP contribution in [0.25, 0.3) is 10.9 Å². The molecule has 0 fully saturated rings. The number of ether oxygens (including phenoxy) is 1. The Morgan fingerprint density at radius 1 is 1.23 bits per heavy atom. The first-order chi connectivity index (χ1) is 12.5. The van der Waals surface area contributed by atoms with Gasteiger partial charge in [-0.05, 0) is 24.3 Å². The van der Waals surface area contributed by atoms with Gasteiger partial charge in [-0.1, -0.05) is 23.7 Å². The third-order valence-corrected chi connectivity index (χ3v) is 5.17. The number of aryl methyl sites for hydroxylation is 1. The smallest absolute Gasteiger partial charge is 0.251 e. The van der Waals surface area contributed by atoms with E-state index in [0.717, 1.165) is 15.8 Å². The van der Waals surface area contributed by atoms with Gasteiger partial charge in [0, 0.05) is 40.2 Å². The number of nitrogens with zero attached hydrogens (tertiary/aromatic N) is 1. The minimum absolute atomic E-state index is 0.143. The predicted octanol–water partition coefficient (Wildman–Crippen LogP) is 3.93. The average molecular weight is 389 g/mol. The van der Waals surface area contributed by atoms with Gasteiger partial charge in [-0.25, -0.2) is 0 Å². The van der Waals surface area contributed by atoms with Crippen LogP contribution in [0.15, 0.2) is 58.2 Å². The number of thioether (sulfide) groups is 1. The molecule has 0 aliphatic heterocycles. The van der Waals surface area contributed by atoms with Crippen molar-refractivity contribution in [2.75, 3.05) is 18.2 Å². The van der Waals surface area contributed by atoms with Crippen LogP contribution in [-0.4, -0.2) is 23.3 Å². The van der Waals surface area contributed by atoms with Crippen LogP contribution in [0.4, 0.5) is 5.69 Å². The lowest BCUT2D eigenvalue weighted by molar-refractivity contribution is -0.113. The summed E-state index contributed by atoms with van der Waals surface area (Å²) in [5.74, 6) is 0.693. The van der Waals surface area contributed by atoms with E-state index in [4.69, 9.17) is 16.3 Å². The fourth-order valence-electron chi connectivity index (χ4n) is 2.56. The summed E-state index contributed by atoms with van der Waals surface area (Å²) in [5, 5.41) is 4.27. The Labute approximate surface area is 159 Å². The molecular formula is C19H17ClN2O3S. The van der Waals surface area contributed by atoms with E-state index in [1.165, 1.54) is 11.8 Å². The maximum atomic E-state index is 12.3. The van der Waals surface area contributed by atoms with E-state index in [-0.39, 0.29) is 17.2 Å². The van der Waals surface area contributed by atoms with Gasteiger partial charge in [0.2, 0.25) is 5.91 Å². The normalized spacial score (nSPS) is 10.7. The number of rotatable bonds is 5. The summed E-state index contributed by atoms with van der Waals surface area (Å²) in [7, 11) is 3.27. The van der Waals surface area contributed by atoms with Crippen molar-refractivity contribution in [3.8, 4) is 5.75 Å². The molecule has 134 valence electrons. The van der Waals surface area contributed by atoms with Gasteiger partial charge >= 0.3 is 0 Å². The number of hydrogen-bond donors (Lipinski definition) is 1. The number of pyridine rings is 1. The predicted molar refractivity (Wildman–Crippen MR) is 107 cm³/mol. The quantitative estimate of drug-likeness (QED) is 0.673. The highest BCUT2D eigenvalue weighted by molar-refractivity contribution is 8.00. The molecule has 0 aliphatic rings. The van der Waals surface area contributed by atoms with Gasteiger partial charge in [-0.2, -0.15) is 0 Å². The van der Waals surface area contributed by atoms with Crippen LogP contribution in [0.3, 0.4) is 0 Å². The lowest BCUT2D eigenvalue weighted by Gasteiger charge is -2.11. The average Bonchev–Trinajstić information content (AvgIpc) is 2.63. The Morgan fingerprint density at radius 2 is 2.04 bits per heavy atom. The molecule has 0 bridgehead atoms. The van der Waals surface area contributed by atoms with Crippen molar-refractivity contribution in [2.45, 2.75) is 4.90 Å². The van der Waals surface area contributed by atoms with Gasteiger partial charge < -0.3 is 14.6 Å². The van der Waals surface area contributed by atoms with Crippen LogP contribution in [0, 0.1) is 0 Å². The van der Waals surface area contributed by atoms with Crippen LogP contribution in [0.1, 0.15) is 0 Å². The van der Waals surface area contributed by atoms with Crippen molar-refractivity contribution in [1.29, 1.82) is 0 Å². The van der Waals surface area contributed by atoms with Crippen LogP contribution < -0.4 is 15.6 Å². The first-order valence-electron chi connectivity index (χ1n) is 7.84. The molecule has 26 heavy (non-hydrogen) atoms. The zero-order chi connectivity index (χ0) is 18.7. The molecule has 5 nitrogen and oxygen atoms in total. The fourth-order valence-corrected chi connectivity index (χ4v) is 3.59. The molecule has 1 amide bonds. The van der Waals surface area contributed by atoms with E-state index in [9.17, 15) is 9.59 Å². The molecule has 0 unspecified atom stereocenters. The van der Waals surface area contributed by atoms with Crippen LogP contribution >= 0.6 is 23.4 Å². The SMILES string of the molecule is COc1cccc(NC(=O)CSc2cc(=O)n(C)c3cc(Cl)ccc23)c1. The number of benzene rings is 2. The van der Waals surface area contributed by atoms with Crippen LogP contribution in [0.2, 0.25) is 5.02 Å². The van der Waals surface area contributed by atoms with E-state index < -0.39 is 0 Å². The van der Waals surface area contributed by atoms with Crippen molar-refractivity contribution < 1.29 is 9.53 Å². The summed E-state index contributed by atoms with van der Waals surface area (Å²) in [6, 6.07) is 14.1. The third kappa shape index (κ3) is 4.03. The van der Waals surface area contributed by atoms with Gasteiger partial charge in [-0.3, -0.25) is 9.59 Å². The zero-order valence-electron chi connectivity index (χ0n) is 14.3. The minimum Gasteiger partial charge on any atom is -0.497 e.